The first-order valence-electron chi connectivity index (χ1n) is 6.27. The Kier molecular flexibility index (Phi) is 2.63. The number of nitrogens with one attached hydrogen (secondary N) is 3. The van der Waals surface area contributed by atoms with Gasteiger partial charge in [-0.05, 0) is 37.8 Å². The molecule has 5 nitrogen and oxygen atoms in total. The Bertz CT molecular complexity index is 395. The van der Waals surface area contributed by atoms with Gasteiger partial charge in [0, 0.05) is 18.3 Å². The monoisotopic (exact) mass is 234 g/mol. The van der Waals surface area contributed by atoms with Crippen LogP contribution in [0.2, 0.25) is 0 Å². The Morgan fingerprint density at radius 2 is 2.35 bits per heavy atom. The van der Waals surface area contributed by atoms with Crippen molar-refractivity contribution in [2.75, 3.05) is 13.1 Å². The summed E-state index contributed by atoms with van der Waals surface area (Å²) in [7, 11) is 0. The minimum atomic E-state index is 0.198. The zero-order chi connectivity index (χ0) is 11.7. The van der Waals surface area contributed by atoms with Gasteiger partial charge >= 0.3 is 0 Å². The van der Waals surface area contributed by atoms with Gasteiger partial charge in [0.05, 0.1) is 6.54 Å². The number of carbonyl (C=O) groups excluding carboxylic acids is 1. The van der Waals surface area contributed by atoms with Gasteiger partial charge < -0.3 is 15.6 Å². The summed E-state index contributed by atoms with van der Waals surface area (Å²) in [6, 6.07) is 0. The molecule has 2 fully saturated rings. The van der Waals surface area contributed by atoms with Crippen LogP contribution in [0.4, 0.5) is 0 Å². The smallest absolute Gasteiger partial charge is 0.224 e. The molecule has 0 bridgehead atoms. The SMILES string of the molecule is O=C(NCc1ncc[nH]1)C1CC12CCNCC2. The van der Waals surface area contributed by atoms with Crippen LogP contribution in [0.3, 0.4) is 0 Å². The predicted octanol–water partition coefficient (Wildman–Crippen LogP) is 0.416. The van der Waals surface area contributed by atoms with Gasteiger partial charge in [0.1, 0.15) is 5.82 Å². The second kappa shape index (κ2) is 4.14. The summed E-state index contributed by atoms with van der Waals surface area (Å²) in [6.45, 7) is 2.63. The highest BCUT2D eigenvalue weighted by Gasteiger charge is 2.57. The first-order chi connectivity index (χ1) is 8.30. The Morgan fingerprint density at radius 3 is 3.06 bits per heavy atom. The van der Waals surface area contributed by atoms with E-state index < -0.39 is 0 Å². The van der Waals surface area contributed by atoms with Gasteiger partial charge in [-0.1, -0.05) is 0 Å². The molecule has 1 saturated heterocycles. The Balaban J connectivity index is 1.51. The second-order valence-corrected chi connectivity index (χ2v) is 5.12. The average Bonchev–Trinajstić information content (AvgIpc) is 2.82. The lowest BCUT2D eigenvalue weighted by atomic mass is 9.92. The van der Waals surface area contributed by atoms with Crippen molar-refractivity contribution >= 4 is 5.91 Å². The lowest BCUT2D eigenvalue weighted by Gasteiger charge is -2.23. The molecule has 92 valence electrons. The van der Waals surface area contributed by atoms with E-state index in [0.717, 1.165) is 38.2 Å². The summed E-state index contributed by atoms with van der Waals surface area (Å²) in [5, 5.41) is 6.31. The molecule has 17 heavy (non-hydrogen) atoms. The molecule has 2 aliphatic rings. The van der Waals surface area contributed by atoms with Crippen molar-refractivity contribution in [2.24, 2.45) is 11.3 Å². The number of piperidine rings is 1. The molecule has 5 heteroatoms. The average molecular weight is 234 g/mol. The fourth-order valence-corrected chi connectivity index (χ4v) is 2.88. The molecule has 1 saturated carbocycles. The zero-order valence-electron chi connectivity index (χ0n) is 9.83. The number of nitrogens with zero attached hydrogens (tertiary/aromatic N) is 1. The molecule has 1 aromatic rings. The summed E-state index contributed by atoms with van der Waals surface area (Å²) in [4.78, 5) is 19.1. The van der Waals surface area contributed by atoms with E-state index in [0.29, 0.717) is 12.0 Å². The zero-order valence-corrected chi connectivity index (χ0v) is 9.83. The Labute approximate surface area is 100 Å². The fourth-order valence-electron chi connectivity index (χ4n) is 2.88. The van der Waals surface area contributed by atoms with Crippen molar-refractivity contribution in [3.8, 4) is 0 Å². The molecule has 1 amide bonds. The Hall–Kier alpha value is -1.36. The summed E-state index contributed by atoms with van der Waals surface area (Å²) in [5.41, 5.74) is 0.318. The van der Waals surface area contributed by atoms with Crippen molar-refractivity contribution in [2.45, 2.75) is 25.8 Å². The third kappa shape index (κ3) is 2.07. The van der Waals surface area contributed by atoms with E-state index in [9.17, 15) is 4.79 Å². The van der Waals surface area contributed by atoms with Crippen LogP contribution < -0.4 is 10.6 Å². The highest BCUT2D eigenvalue weighted by atomic mass is 16.2. The molecule has 1 unspecified atom stereocenters. The number of aromatic nitrogens is 2. The first-order valence-corrected chi connectivity index (χ1v) is 6.27. The van der Waals surface area contributed by atoms with Gasteiger partial charge in [0.25, 0.3) is 0 Å². The summed E-state index contributed by atoms with van der Waals surface area (Å²) in [6.07, 6.45) is 6.83. The maximum Gasteiger partial charge on any atom is 0.224 e. The molecule has 3 N–H and O–H groups in total. The lowest BCUT2D eigenvalue weighted by Crippen LogP contribution is -2.33. The van der Waals surface area contributed by atoms with E-state index in [1.54, 1.807) is 12.4 Å². The van der Waals surface area contributed by atoms with E-state index in [1.807, 2.05) is 0 Å². The molecule has 1 aliphatic heterocycles. The molecule has 0 aromatic carbocycles. The third-order valence-corrected chi connectivity index (χ3v) is 4.09. The van der Waals surface area contributed by atoms with Crippen LogP contribution >= 0.6 is 0 Å². The quantitative estimate of drug-likeness (QED) is 0.709. The van der Waals surface area contributed by atoms with E-state index in [1.165, 1.54) is 0 Å². The lowest BCUT2D eigenvalue weighted by molar-refractivity contribution is -0.123. The number of hydrogen-bond acceptors (Lipinski definition) is 3. The van der Waals surface area contributed by atoms with Crippen molar-refractivity contribution in [1.82, 2.24) is 20.6 Å². The molecule has 1 atom stereocenters. The van der Waals surface area contributed by atoms with Gasteiger partial charge in [0.2, 0.25) is 5.91 Å². The van der Waals surface area contributed by atoms with Gasteiger partial charge in [-0.3, -0.25) is 4.79 Å². The number of amides is 1. The van der Waals surface area contributed by atoms with E-state index in [-0.39, 0.29) is 11.8 Å². The maximum absolute atomic E-state index is 12.0. The van der Waals surface area contributed by atoms with Crippen molar-refractivity contribution in [3.05, 3.63) is 18.2 Å². The predicted molar refractivity (Wildman–Crippen MR) is 63.1 cm³/mol. The minimum absolute atomic E-state index is 0.198. The number of imidazole rings is 1. The Morgan fingerprint density at radius 1 is 1.53 bits per heavy atom. The first kappa shape index (κ1) is 10.8. The number of rotatable bonds is 3. The van der Waals surface area contributed by atoms with Crippen LogP contribution in [0.1, 0.15) is 25.1 Å². The summed E-state index contributed by atoms with van der Waals surface area (Å²) >= 11 is 0. The minimum Gasteiger partial charge on any atom is -0.349 e. The van der Waals surface area contributed by atoms with Gasteiger partial charge in [-0.2, -0.15) is 0 Å². The van der Waals surface area contributed by atoms with Crippen LogP contribution in [-0.2, 0) is 11.3 Å². The largest absolute Gasteiger partial charge is 0.349 e. The van der Waals surface area contributed by atoms with Crippen LogP contribution in [0.5, 0.6) is 0 Å². The molecule has 0 radical (unpaired) electrons. The molecule has 1 spiro atoms. The van der Waals surface area contributed by atoms with E-state index >= 15 is 0 Å². The van der Waals surface area contributed by atoms with Crippen LogP contribution in [0.15, 0.2) is 12.4 Å². The molecule has 1 aliphatic carbocycles. The van der Waals surface area contributed by atoms with Crippen molar-refractivity contribution < 1.29 is 4.79 Å². The molecular weight excluding hydrogens is 216 g/mol. The normalized spacial score (nSPS) is 25.8. The number of hydrogen-bond donors (Lipinski definition) is 3. The fraction of sp³-hybridized carbons (Fsp3) is 0.667. The van der Waals surface area contributed by atoms with Crippen LogP contribution in [0.25, 0.3) is 0 Å². The van der Waals surface area contributed by atoms with Gasteiger partial charge in [-0.25, -0.2) is 4.98 Å². The highest BCUT2D eigenvalue weighted by molar-refractivity contribution is 5.82. The summed E-state index contributed by atoms with van der Waals surface area (Å²) in [5.74, 6) is 1.25. The van der Waals surface area contributed by atoms with Crippen molar-refractivity contribution in [3.63, 3.8) is 0 Å². The third-order valence-electron chi connectivity index (χ3n) is 4.09. The summed E-state index contributed by atoms with van der Waals surface area (Å²) < 4.78 is 0. The standard InChI is InChI=1S/C12H18N4O/c17-11(16-8-10-14-5-6-15-10)9-7-12(9)1-3-13-4-2-12/h5-6,9,13H,1-4,7-8H2,(H,14,15)(H,16,17). The number of H-pyrrole nitrogens is 1. The van der Waals surface area contributed by atoms with E-state index in [4.69, 9.17) is 0 Å². The van der Waals surface area contributed by atoms with E-state index in [2.05, 4.69) is 20.6 Å². The highest BCUT2D eigenvalue weighted by Crippen LogP contribution is 2.58. The molecule has 3 rings (SSSR count). The van der Waals surface area contributed by atoms with Crippen LogP contribution in [-0.4, -0.2) is 29.0 Å². The van der Waals surface area contributed by atoms with Crippen LogP contribution in [0, 0.1) is 11.3 Å². The van der Waals surface area contributed by atoms with Gasteiger partial charge in [-0.15, -0.1) is 0 Å². The van der Waals surface area contributed by atoms with Crippen molar-refractivity contribution in [1.29, 1.82) is 0 Å². The maximum atomic E-state index is 12.0. The topological polar surface area (TPSA) is 69.8 Å². The molecular formula is C12H18N4O. The molecule has 1 aromatic heterocycles. The second-order valence-electron chi connectivity index (χ2n) is 5.12. The van der Waals surface area contributed by atoms with Gasteiger partial charge in [0.15, 0.2) is 0 Å². The molecule has 2 heterocycles. The number of carbonyl (C=O) groups is 1. The number of aromatic amines is 1.